The van der Waals surface area contributed by atoms with Gasteiger partial charge in [0.05, 0.1) is 6.54 Å². The number of terminal acetylenes is 1. The predicted octanol–water partition coefficient (Wildman–Crippen LogP) is -1.13. The van der Waals surface area contributed by atoms with E-state index in [-0.39, 0.29) is 6.54 Å². The summed E-state index contributed by atoms with van der Waals surface area (Å²) in [6, 6.07) is -0.719. The van der Waals surface area contributed by atoms with E-state index in [0.29, 0.717) is 0 Å². The maximum Gasteiger partial charge on any atom is 0.329 e. The van der Waals surface area contributed by atoms with E-state index in [1.807, 2.05) is 0 Å². The number of nitrogens with two attached hydrogens (primary N) is 2. The van der Waals surface area contributed by atoms with E-state index in [1.165, 1.54) is 0 Å². The Morgan fingerprint density at radius 2 is 2.38 bits per heavy atom. The fraction of sp³-hybridized carbons (Fsp3) is 0.250. The van der Waals surface area contributed by atoms with Crippen molar-refractivity contribution in [3.8, 4) is 12.3 Å². The molecule has 0 saturated heterocycles. The van der Waals surface area contributed by atoms with E-state index in [1.54, 1.807) is 0 Å². The van der Waals surface area contributed by atoms with E-state index in [2.05, 4.69) is 11.7 Å². The molecule has 0 atom stereocenters. The number of nitrogens with zero attached hydrogens (tertiary/aromatic N) is 1. The number of urea groups is 1. The Kier molecular flexibility index (Phi) is 2.45. The minimum Gasteiger partial charge on any atom is -0.350 e. The predicted molar refractivity (Wildman–Crippen MR) is 29.3 cm³/mol. The summed E-state index contributed by atoms with van der Waals surface area (Å²) < 4.78 is 0. The lowest BCUT2D eigenvalue weighted by molar-refractivity contribution is 0.215. The van der Waals surface area contributed by atoms with Gasteiger partial charge in [0.25, 0.3) is 0 Å². The van der Waals surface area contributed by atoms with Crippen LogP contribution < -0.4 is 11.6 Å². The Labute approximate surface area is 47.4 Å². The minimum absolute atomic E-state index is 0.0509. The molecule has 4 nitrogen and oxygen atoms in total. The number of primary amides is 1. The Balaban J connectivity index is 3.52. The number of rotatable bonds is 1. The molecule has 0 aromatic carbocycles. The van der Waals surface area contributed by atoms with Crippen LogP contribution in [0.5, 0.6) is 0 Å². The van der Waals surface area contributed by atoms with Crippen LogP contribution in [0.2, 0.25) is 0 Å². The van der Waals surface area contributed by atoms with Gasteiger partial charge in [0.15, 0.2) is 0 Å². The molecule has 0 bridgehead atoms. The standard InChI is InChI=1S/C4H7N3O/c1-2-3-7(6)4(5)8/h1H,3,6H2,(H2,5,8). The van der Waals surface area contributed by atoms with Crippen molar-refractivity contribution in [2.45, 2.75) is 0 Å². The molecule has 0 aromatic rings. The Morgan fingerprint density at radius 1 is 1.88 bits per heavy atom. The van der Waals surface area contributed by atoms with Crippen molar-refractivity contribution in [2.75, 3.05) is 6.54 Å². The summed E-state index contributed by atoms with van der Waals surface area (Å²) in [4.78, 5) is 10.0. The molecule has 44 valence electrons. The van der Waals surface area contributed by atoms with Crippen molar-refractivity contribution < 1.29 is 4.79 Å². The van der Waals surface area contributed by atoms with Crippen LogP contribution in [-0.2, 0) is 0 Å². The van der Waals surface area contributed by atoms with E-state index < -0.39 is 6.03 Å². The van der Waals surface area contributed by atoms with Crippen LogP contribution in [0.15, 0.2) is 0 Å². The largest absolute Gasteiger partial charge is 0.350 e. The zero-order valence-electron chi connectivity index (χ0n) is 4.29. The van der Waals surface area contributed by atoms with Gasteiger partial charge in [-0.2, -0.15) is 0 Å². The molecular formula is C4H7N3O. The molecule has 0 aromatic heterocycles. The third kappa shape index (κ3) is 2.05. The minimum atomic E-state index is -0.719. The van der Waals surface area contributed by atoms with Gasteiger partial charge < -0.3 is 5.73 Å². The molecule has 2 amide bonds. The topological polar surface area (TPSA) is 72.3 Å². The van der Waals surface area contributed by atoms with Crippen molar-refractivity contribution in [2.24, 2.45) is 11.6 Å². The molecule has 0 aliphatic carbocycles. The first-order valence-electron chi connectivity index (χ1n) is 1.93. The number of carbonyl (C=O) groups excluding carboxylic acids is 1. The Bertz CT molecular complexity index is 126. The van der Waals surface area contributed by atoms with E-state index >= 15 is 0 Å². The summed E-state index contributed by atoms with van der Waals surface area (Å²) in [7, 11) is 0. The highest BCUT2D eigenvalue weighted by atomic mass is 16.2. The second-order valence-electron chi connectivity index (χ2n) is 1.17. The number of hydrogen-bond acceptors (Lipinski definition) is 2. The first-order valence-corrected chi connectivity index (χ1v) is 1.93. The summed E-state index contributed by atoms with van der Waals surface area (Å²) in [5.41, 5.74) is 4.69. The number of carbonyl (C=O) groups is 1. The maximum atomic E-state index is 10.0. The molecule has 0 aliphatic rings. The van der Waals surface area contributed by atoms with Gasteiger partial charge in [0.1, 0.15) is 0 Å². The van der Waals surface area contributed by atoms with Crippen molar-refractivity contribution >= 4 is 6.03 Å². The fourth-order valence-corrected chi connectivity index (χ4v) is 0.176. The summed E-state index contributed by atoms with van der Waals surface area (Å²) in [5.74, 6) is 7.09. The van der Waals surface area contributed by atoms with Crippen LogP contribution in [-0.4, -0.2) is 17.6 Å². The van der Waals surface area contributed by atoms with Crippen molar-refractivity contribution in [1.29, 1.82) is 0 Å². The molecule has 0 fully saturated rings. The molecule has 0 aliphatic heterocycles. The summed E-state index contributed by atoms with van der Waals surface area (Å²) in [6.45, 7) is 0.0509. The zero-order valence-corrected chi connectivity index (χ0v) is 4.29. The molecule has 0 rings (SSSR count). The third-order valence-electron chi connectivity index (χ3n) is 0.545. The number of hydrazine groups is 1. The third-order valence-corrected chi connectivity index (χ3v) is 0.545. The van der Waals surface area contributed by atoms with Gasteiger partial charge in [-0.15, -0.1) is 6.42 Å². The molecule has 4 heteroatoms. The lowest BCUT2D eigenvalue weighted by Gasteiger charge is -2.07. The first kappa shape index (κ1) is 6.79. The fourth-order valence-electron chi connectivity index (χ4n) is 0.176. The van der Waals surface area contributed by atoms with Gasteiger partial charge in [0.2, 0.25) is 0 Å². The molecule has 8 heavy (non-hydrogen) atoms. The molecule has 4 N–H and O–H groups in total. The second kappa shape index (κ2) is 2.88. The molecule has 0 heterocycles. The average Bonchev–Trinajstić information content (AvgIpc) is 1.67. The van der Waals surface area contributed by atoms with Crippen molar-refractivity contribution in [3.05, 3.63) is 0 Å². The summed E-state index contributed by atoms with van der Waals surface area (Å²) in [6.07, 6.45) is 4.79. The molecule has 0 radical (unpaired) electrons. The summed E-state index contributed by atoms with van der Waals surface area (Å²) >= 11 is 0. The van der Waals surface area contributed by atoms with Gasteiger partial charge >= 0.3 is 6.03 Å². The quantitative estimate of drug-likeness (QED) is 0.195. The van der Waals surface area contributed by atoms with Gasteiger partial charge in [-0.3, -0.25) is 5.01 Å². The van der Waals surface area contributed by atoms with Crippen molar-refractivity contribution in [3.63, 3.8) is 0 Å². The van der Waals surface area contributed by atoms with Gasteiger partial charge in [-0.25, -0.2) is 10.6 Å². The molecule has 0 spiro atoms. The van der Waals surface area contributed by atoms with E-state index in [0.717, 1.165) is 5.01 Å². The van der Waals surface area contributed by atoms with Crippen LogP contribution in [0.25, 0.3) is 0 Å². The second-order valence-corrected chi connectivity index (χ2v) is 1.17. The van der Waals surface area contributed by atoms with Crippen LogP contribution in [0, 0.1) is 12.3 Å². The highest BCUT2D eigenvalue weighted by Gasteiger charge is 1.97. The van der Waals surface area contributed by atoms with Gasteiger partial charge in [0, 0.05) is 0 Å². The van der Waals surface area contributed by atoms with Gasteiger partial charge in [-0.05, 0) is 0 Å². The number of amides is 2. The van der Waals surface area contributed by atoms with Crippen LogP contribution in [0.1, 0.15) is 0 Å². The van der Waals surface area contributed by atoms with E-state index in [9.17, 15) is 4.79 Å². The smallest absolute Gasteiger partial charge is 0.329 e. The maximum absolute atomic E-state index is 10.0. The average molecular weight is 113 g/mol. The van der Waals surface area contributed by atoms with Crippen LogP contribution in [0.3, 0.4) is 0 Å². The number of hydrogen-bond donors (Lipinski definition) is 2. The van der Waals surface area contributed by atoms with E-state index in [4.69, 9.17) is 12.3 Å². The van der Waals surface area contributed by atoms with Crippen LogP contribution >= 0.6 is 0 Å². The highest BCUT2D eigenvalue weighted by molar-refractivity contribution is 5.71. The van der Waals surface area contributed by atoms with Gasteiger partial charge in [-0.1, -0.05) is 5.92 Å². The highest BCUT2D eigenvalue weighted by Crippen LogP contribution is 1.70. The van der Waals surface area contributed by atoms with Crippen molar-refractivity contribution in [1.82, 2.24) is 5.01 Å². The van der Waals surface area contributed by atoms with Crippen LogP contribution in [0.4, 0.5) is 4.79 Å². The zero-order chi connectivity index (χ0) is 6.57. The lowest BCUT2D eigenvalue weighted by atomic mass is 10.6. The summed E-state index contributed by atoms with van der Waals surface area (Å²) in [5, 5.41) is 0.750. The normalized spacial score (nSPS) is 7.50. The Hall–Kier alpha value is -1.21. The molecule has 0 unspecified atom stereocenters. The molecule has 0 saturated carbocycles. The SMILES string of the molecule is C#CCN(N)C(N)=O. The lowest BCUT2D eigenvalue weighted by Crippen LogP contribution is -2.41. The monoisotopic (exact) mass is 113 g/mol. The first-order chi connectivity index (χ1) is 3.68. The molecular weight excluding hydrogens is 106 g/mol. The Morgan fingerprint density at radius 3 is 2.50 bits per heavy atom.